The van der Waals surface area contributed by atoms with Crippen LogP contribution in [0.5, 0.6) is 0 Å². The van der Waals surface area contributed by atoms with Crippen molar-refractivity contribution in [3.8, 4) is 0 Å². The van der Waals surface area contributed by atoms with E-state index in [-0.39, 0.29) is 6.10 Å². The van der Waals surface area contributed by atoms with E-state index in [0.29, 0.717) is 0 Å². The van der Waals surface area contributed by atoms with Crippen LogP contribution in [0.25, 0.3) is 0 Å². The van der Waals surface area contributed by atoms with Gasteiger partial charge >= 0.3 is 0 Å². The van der Waals surface area contributed by atoms with Gasteiger partial charge in [-0.3, -0.25) is 0 Å². The van der Waals surface area contributed by atoms with Crippen molar-refractivity contribution in [3.05, 3.63) is 33.9 Å². The van der Waals surface area contributed by atoms with Crippen LogP contribution < -0.4 is 0 Å². The number of fused-ring (bicyclic) bond motifs is 2. The predicted octanol–water partition coefficient (Wildman–Crippen LogP) is 2.72. The zero-order chi connectivity index (χ0) is 10.4. The number of rotatable bonds is 1. The van der Waals surface area contributed by atoms with E-state index in [4.69, 9.17) is 0 Å². The lowest BCUT2D eigenvalue weighted by Crippen LogP contribution is -2.02. The highest BCUT2D eigenvalue weighted by atomic mass is 16.3. The van der Waals surface area contributed by atoms with E-state index in [0.717, 1.165) is 19.3 Å². The van der Waals surface area contributed by atoms with Crippen LogP contribution in [0.15, 0.2) is 6.07 Å². The third kappa shape index (κ3) is 1.26. The first-order valence-electron chi connectivity index (χ1n) is 6.15. The van der Waals surface area contributed by atoms with Crippen molar-refractivity contribution in [2.75, 3.05) is 0 Å². The van der Waals surface area contributed by atoms with Crippen molar-refractivity contribution in [2.24, 2.45) is 0 Å². The number of hydrogen-bond donors (Lipinski definition) is 1. The van der Waals surface area contributed by atoms with Crippen LogP contribution in [-0.2, 0) is 25.7 Å². The van der Waals surface area contributed by atoms with E-state index in [2.05, 4.69) is 13.0 Å². The van der Waals surface area contributed by atoms with Gasteiger partial charge in [0, 0.05) is 0 Å². The molecule has 2 aliphatic carbocycles. The van der Waals surface area contributed by atoms with Gasteiger partial charge in [0.15, 0.2) is 0 Å². The van der Waals surface area contributed by atoms with Crippen LogP contribution in [-0.4, -0.2) is 5.11 Å². The number of aryl methyl sites for hydroxylation is 2. The Morgan fingerprint density at radius 1 is 1.27 bits per heavy atom. The molecular weight excluding hydrogens is 184 g/mol. The molecule has 1 heteroatoms. The fourth-order valence-corrected chi connectivity index (χ4v) is 3.38. The molecule has 1 nitrogen and oxygen atoms in total. The predicted molar refractivity (Wildman–Crippen MR) is 61.1 cm³/mol. The van der Waals surface area contributed by atoms with Gasteiger partial charge in [-0.2, -0.15) is 0 Å². The van der Waals surface area contributed by atoms with Gasteiger partial charge in [0.2, 0.25) is 0 Å². The van der Waals surface area contributed by atoms with Gasteiger partial charge < -0.3 is 5.11 Å². The van der Waals surface area contributed by atoms with Gasteiger partial charge in [0.1, 0.15) is 0 Å². The summed E-state index contributed by atoms with van der Waals surface area (Å²) >= 11 is 0. The summed E-state index contributed by atoms with van der Waals surface area (Å²) in [5, 5.41) is 10.0. The molecule has 0 saturated carbocycles. The second-order valence-corrected chi connectivity index (χ2v) is 4.83. The van der Waals surface area contributed by atoms with E-state index in [1.165, 1.54) is 36.0 Å². The number of benzene rings is 1. The maximum absolute atomic E-state index is 10.0. The van der Waals surface area contributed by atoms with Crippen LogP contribution in [0, 0.1) is 0 Å². The van der Waals surface area contributed by atoms with Crippen molar-refractivity contribution in [1.29, 1.82) is 0 Å². The van der Waals surface area contributed by atoms with Crippen molar-refractivity contribution >= 4 is 0 Å². The van der Waals surface area contributed by atoms with E-state index in [1.54, 1.807) is 11.1 Å². The third-order valence-corrected chi connectivity index (χ3v) is 4.02. The fourth-order valence-electron chi connectivity index (χ4n) is 3.38. The van der Waals surface area contributed by atoms with Gasteiger partial charge in [0.25, 0.3) is 0 Å². The summed E-state index contributed by atoms with van der Waals surface area (Å²) < 4.78 is 0. The Hall–Kier alpha value is -0.820. The average molecular weight is 202 g/mol. The lowest BCUT2D eigenvalue weighted by Gasteiger charge is -2.15. The Bertz CT molecular complexity index is 406. The molecule has 0 fully saturated rings. The minimum atomic E-state index is -0.180. The number of aliphatic hydroxyl groups excluding tert-OH is 1. The van der Waals surface area contributed by atoms with E-state index in [9.17, 15) is 5.11 Å². The molecule has 0 spiro atoms. The monoisotopic (exact) mass is 202 g/mol. The summed E-state index contributed by atoms with van der Waals surface area (Å²) in [6.45, 7) is 2.22. The lowest BCUT2D eigenvalue weighted by atomic mass is 9.92. The van der Waals surface area contributed by atoms with Gasteiger partial charge in [-0.25, -0.2) is 0 Å². The number of hydrogen-bond acceptors (Lipinski definition) is 1. The lowest BCUT2D eigenvalue weighted by molar-refractivity contribution is 0.179. The molecule has 1 unspecified atom stereocenters. The average Bonchev–Trinajstić information content (AvgIpc) is 2.83. The Morgan fingerprint density at radius 3 is 2.93 bits per heavy atom. The van der Waals surface area contributed by atoms with Gasteiger partial charge in [0.05, 0.1) is 6.10 Å². The summed E-state index contributed by atoms with van der Waals surface area (Å²) in [7, 11) is 0. The standard InChI is InChI=1S/C14H18O/c1-2-11-12-5-3-4-9(12)8-10-6-7-13(15)14(10)11/h8,13,15H,2-7H2,1H3. The molecule has 1 aromatic rings. The SMILES string of the molecule is CCc1c2c(cc3c1C(O)CC3)CCC2. The quantitative estimate of drug-likeness (QED) is 0.742. The molecule has 0 bridgehead atoms. The van der Waals surface area contributed by atoms with Crippen molar-refractivity contribution in [1.82, 2.24) is 0 Å². The third-order valence-electron chi connectivity index (χ3n) is 4.02. The first-order valence-corrected chi connectivity index (χ1v) is 6.15. The molecule has 2 aliphatic rings. The minimum Gasteiger partial charge on any atom is -0.388 e. The van der Waals surface area contributed by atoms with Crippen molar-refractivity contribution in [3.63, 3.8) is 0 Å². The highest BCUT2D eigenvalue weighted by molar-refractivity contribution is 5.51. The highest BCUT2D eigenvalue weighted by Gasteiger charge is 2.27. The molecule has 0 radical (unpaired) electrons. The van der Waals surface area contributed by atoms with Crippen molar-refractivity contribution < 1.29 is 5.11 Å². The van der Waals surface area contributed by atoms with Crippen LogP contribution in [0.2, 0.25) is 0 Å². The van der Waals surface area contributed by atoms with Gasteiger partial charge in [-0.05, 0) is 66.3 Å². The summed E-state index contributed by atoms with van der Waals surface area (Å²) in [5.41, 5.74) is 7.33. The van der Waals surface area contributed by atoms with E-state index < -0.39 is 0 Å². The summed E-state index contributed by atoms with van der Waals surface area (Å²) in [5.74, 6) is 0. The minimum absolute atomic E-state index is 0.180. The molecule has 0 aliphatic heterocycles. The Kier molecular flexibility index (Phi) is 2.10. The summed E-state index contributed by atoms with van der Waals surface area (Å²) in [4.78, 5) is 0. The molecule has 1 atom stereocenters. The molecular formula is C14H18O. The Balaban J connectivity index is 2.24. The maximum atomic E-state index is 10.0. The molecule has 80 valence electrons. The number of aliphatic hydroxyl groups is 1. The van der Waals surface area contributed by atoms with E-state index >= 15 is 0 Å². The molecule has 0 heterocycles. The second kappa shape index (κ2) is 3.34. The fraction of sp³-hybridized carbons (Fsp3) is 0.571. The maximum Gasteiger partial charge on any atom is 0.0798 e. The molecule has 1 N–H and O–H groups in total. The highest BCUT2D eigenvalue weighted by Crippen LogP contribution is 2.39. The van der Waals surface area contributed by atoms with E-state index in [1.807, 2.05) is 0 Å². The molecule has 0 aromatic heterocycles. The van der Waals surface area contributed by atoms with Crippen LogP contribution in [0.4, 0.5) is 0 Å². The van der Waals surface area contributed by atoms with Gasteiger partial charge in [-0.1, -0.05) is 13.0 Å². The topological polar surface area (TPSA) is 20.2 Å². The summed E-state index contributed by atoms with van der Waals surface area (Å²) in [6, 6.07) is 2.37. The summed E-state index contributed by atoms with van der Waals surface area (Å²) in [6.07, 6.45) is 6.72. The molecule has 3 rings (SSSR count). The van der Waals surface area contributed by atoms with Crippen molar-refractivity contribution in [2.45, 2.75) is 51.6 Å². The zero-order valence-electron chi connectivity index (χ0n) is 9.34. The van der Waals surface area contributed by atoms with Crippen LogP contribution >= 0.6 is 0 Å². The molecule has 1 aromatic carbocycles. The molecule has 0 amide bonds. The molecule has 0 saturated heterocycles. The second-order valence-electron chi connectivity index (χ2n) is 4.83. The van der Waals surface area contributed by atoms with Crippen LogP contribution in [0.3, 0.4) is 0 Å². The van der Waals surface area contributed by atoms with Gasteiger partial charge in [-0.15, -0.1) is 0 Å². The Labute approximate surface area is 91.1 Å². The first kappa shape index (κ1) is 9.41. The largest absolute Gasteiger partial charge is 0.388 e. The molecule has 15 heavy (non-hydrogen) atoms. The normalized spacial score (nSPS) is 22.9. The van der Waals surface area contributed by atoms with Crippen LogP contribution in [0.1, 0.15) is 53.7 Å². The smallest absolute Gasteiger partial charge is 0.0798 e. The first-order chi connectivity index (χ1) is 7.31. The zero-order valence-corrected chi connectivity index (χ0v) is 9.34. The Morgan fingerprint density at radius 2 is 2.13 bits per heavy atom.